The molecule has 0 aromatic heterocycles. The number of alkyl halides is 6. The van der Waals surface area contributed by atoms with Gasteiger partial charge in [0.25, 0.3) is 0 Å². The molecule has 2 unspecified atom stereocenters. The minimum atomic E-state index is -4.94. The predicted molar refractivity (Wildman–Crippen MR) is 94.1 cm³/mol. The maximum atomic E-state index is 13.0. The van der Waals surface area contributed by atoms with Crippen molar-refractivity contribution in [3.8, 4) is 6.07 Å². The van der Waals surface area contributed by atoms with Crippen LogP contribution in [0.5, 0.6) is 0 Å². The average molecular weight is 459 g/mol. The molecule has 0 aliphatic carbocycles. The molecule has 1 aromatic carbocycles. The molecule has 0 spiro atoms. The molecule has 4 atom stereocenters. The molecule has 2 rings (SSSR count). The van der Waals surface area contributed by atoms with Gasteiger partial charge in [0.15, 0.2) is 0 Å². The van der Waals surface area contributed by atoms with Crippen molar-refractivity contribution < 1.29 is 39.8 Å². The second-order valence-electron chi connectivity index (χ2n) is 6.98. The molecule has 0 amide bonds. The van der Waals surface area contributed by atoms with E-state index in [2.05, 4.69) is 10.0 Å². The van der Waals surface area contributed by atoms with Gasteiger partial charge in [0.1, 0.15) is 5.54 Å². The molecule has 1 aliphatic rings. The van der Waals surface area contributed by atoms with Crippen LogP contribution in [-0.4, -0.2) is 33.5 Å². The number of rotatable bonds is 6. The second-order valence-corrected chi connectivity index (χ2v) is 7.68. The molecule has 1 fully saturated rings. The van der Waals surface area contributed by atoms with Gasteiger partial charge >= 0.3 is 12.4 Å². The number of hydrogen-bond acceptors (Lipinski definition) is 4. The Labute approximate surface area is 171 Å². The lowest BCUT2D eigenvalue weighted by atomic mass is 9.89. The Hall–Kier alpha value is -1.72. The molecular weight excluding hydrogens is 440 g/mol. The van der Waals surface area contributed by atoms with Gasteiger partial charge in [-0.3, -0.25) is 4.55 Å². The summed E-state index contributed by atoms with van der Waals surface area (Å²) in [5.74, 6) is 0. The number of nitriles is 1. The number of hydrogen-bond donors (Lipinski definition) is 3. The standard InChI is InChI=1S/C17H19F6N3O3S/c1-10(11-4-12(16(18,19)20)6-13(5-11)17(21,22)23)29-7-14-2-3-15(8-24,9-25-14)26-30(27)28/h4-6,10,14,25-26H,2-3,7,9H2,1H3,(H,27,28)/t10-,14?,15-/m1/s1. The lowest BCUT2D eigenvalue weighted by molar-refractivity contribution is -0.143. The van der Waals surface area contributed by atoms with Crippen molar-refractivity contribution >= 4 is 11.3 Å². The van der Waals surface area contributed by atoms with Gasteiger partial charge in [-0.05, 0) is 43.5 Å². The smallest absolute Gasteiger partial charge is 0.372 e. The first-order valence-electron chi connectivity index (χ1n) is 8.70. The number of piperidine rings is 1. The summed E-state index contributed by atoms with van der Waals surface area (Å²) in [7, 11) is 0. The molecule has 30 heavy (non-hydrogen) atoms. The van der Waals surface area contributed by atoms with Crippen molar-refractivity contribution in [2.45, 2.75) is 49.8 Å². The van der Waals surface area contributed by atoms with E-state index in [0.717, 1.165) is 0 Å². The SMILES string of the molecule is C[C@@H](OCC1CC[C@](C#N)(NS(=O)O)CN1)c1cc(C(F)(F)F)cc(C(F)(F)F)c1. The van der Waals surface area contributed by atoms with Crippen LogP contribution in [0.25, 0.3) is 0 Å². The fourth-order valence-corrected chi connectivity index (χ4v) is 3.57. The van der Waals surface area contributed by atoms with Gasteiger partial charge in [-0.1, -0.05) is 0 Å². The van der Waals surface area contributed by atoms with Gasteiger partial charge < -0.3 is 10.1 Å². The zero-order chi connectivity index (χ0) is 22.7. The summed E-state index contributed by atoms with van der Waals surface area (Å²) in [6.07, 6.45) is -10.4. The van der Waals surface area contributed by atoms with Crippen LogP contribution in [-0.2, 0) is 28.4 Å². The first kappa shape index (κ1) is 24.5. The first-order chi connectivity index (χ1) is 13.8. The number of benzene rings is 1. The summed E-state index contributed by atoms with van der Waals surface area (Å²) >= 11 is -2.40. The largest absolute Gasteiger partial charge is 0.416 e. The molecule has 1 aromatic rings. The first-order valence-corrected chi connectivity index (χ1v) is 9.81. The fraction of sp³-hybridized carbons (Fsp3) is 0.588. The van der Waals surface area contributed by atoms with Crippen LogP contribution in [0.15, 0.2) is 18.2 Å². The van der Waals surface area contributed by atoms with E-state index in [0.29, 0.717) is 18.6 Å². The van der Waals surface area contributed by atoms with E-state index in [4.69, 9.17) is 9.29 Å². The van der Waals surface area contributed by atoms with Crippen LogP contribution >= 0.6 is 0 Å². The molecule has 1 aliphatic heterocycles. The lowest BCUT2D eigenvalue weighted by Gasteiger charge is -2.35. The highest BCUT2D eigenvalue weighted by Gasteiger charge is 2.38. The molecule has 13 heteroatoms. The van der Waals surface area contributed by atoms with Crippen molar-refractivity contribution in [2.75, 3.05) is 13.2 Å². The van der Waals surface area contributed by atoms with Gasteiger partial charge in [-0.15, -0.1) is 0 Å². The highest BCUT2D eigenvalue weighted by atomic mass is 32.2. The topological polar surface area (TPSA) is 94.4 Å². The van der Waals surface area contributed by atoms with Gasteiger partial charge in [0, 0.05) is 12.6 Å². The number of nitrogens with zero attached hydrogens (tertiary/aromatic N) is 1. The predicted octanol–water partition coefficient (Wildman–Crippen LogP) is 3.54. The fourth-order valence-electron chi connectivity index (χ4n) is 3.01. The van der Waals surface area contributed by atoms with Crippen LogP contribution in [0.4, 0.5) is 26.3 Å². The van der Waals surface area contributed by atoms with Crippen LogP contribution in [0.3, 0.4) is 0 Å². The normalized spacial score (nSPS) is 24.8. The third-order valence-electron chi connectivity index (χ3n) is 4.74. The molecule has 6 nitrogen and oxygen atoms in total. The molecule has 3 N–H and O–H groups in total. The van der Waals surface area contributed by atoms with Crippen LogP contribution < -0.4 is 10.0 Å². The van der Waals surface area contributed by atoms with E-state index in [1.165, 1.54) is 6.92 Å². The summed E-state index contributed by atoms with van der Waals surface area (Å²) in [6, 6.07) is 2.88. The summed E-state index contributed by atoms with van der Waals surface area (Å²) in [5.41, 5.74) is -4.36. The Morgan fingerprint density at radius 1 is 1.30 bits per heavy atom. The Morgan fingerprint density at radius 2 is 1.87 bits per heavy atom. The molecule has 0 radical (unpaired) electrons. The van der Waals surface area contributed by atoms with Crippen LogP contribution in [0.2, 0.25) is 0 Å². The Balaban J connectivity index is 2.06. The molecule has 0 saturated carbocycles. The van der Waals surface area contributed by atoms with Crippen molar-refractivity contribution in [3.63, 3.8) is 0 Å². The quantitative estimate of drug-likeness (QED) is 0.447. The van der Waals surface area contributed by atoms with Gasteiger partial charge in [-0.25, -0.2) is 4.21 Å². The molecule has 168 valence electrons. The summed E-state index contributed by atoms with van der Waals surface area (Å²) in [6.45, 7) is 1.32. The molecular formula is C17H19F6N3O3S. The van der Waals surface area contributed by atoms with E-state index in [1.54, 1.807) is 0 Å². The van der Waals surface area contributed by atoms with E-state index < -0.39 is 46.4 Å². The summed E-state index contributed by atoms with van der Waals surface area (Å²) in [4.78, 5) is 0. The van der Waals surface area contributed by atoms with Crippen molar-refractivity contribution in [3.05, 3.63) is 34.9 Å². The van der Waals surface area contributed by atoms with Crippen LogP contribution in [0.1, 0.15) is 42.6 Å². The Bertz CT molecular complexity index is 784. The maximum absolute atomic E-state index is 13.0. The molecule has 1 heterocycles. The van der Waals surface area contributed by atoms with Crippen molar-refractivity contribution in [1.29, 1.82) is 5.26 Å². The Morgan fingerprint density at radius 3 is 2.27 bits per heavy atom. The number of ether oxygens (including phenoxy) is 1. The lowest BCUT2D eigenvalue weighted by Crippen LogP contribution is -2.58. The zero-order valence-corrected chi connectivity index (χ0v) is 16.4. The average Bonchev–Trinajstić information content (AvgIpc) is 2.65. The molecule has 1 saturated heterocycles. The van der Waals surface area contributed by atoms with Gasteiger partial charge in [-0.2, -0.15) is 36.3 Å². The number of halogens is 6. The summed E-state index contributed by atoms with van der Waals surface area (Å²) < 4.78 is 105. The minimum absolute atomic E-state index is 0.0139. The van der Waals surface area contributed by atoms with Crippen molar-refractivity contribution in [2.24, 2.45) is 0 Å². The van der Waals surface area contributed by atoms with Gasteiger partial charge in [0.2, 0.25) is 11.3 Å². The summed E-state index contributed by atoms with van der Waals surface area (Å²) in [5, 5.41) is 12.1. The zero-order valence-electron chi connectivity index (χ0n) is 15.6. The van der Waals surface area contributed by atoms with E-state index in [-0.39, 0.29) is 37.2 Å². The third-order valence-corrected chi connectivity index (χ3v) is 5.30. The second kappa shape index (κ2) is 9.19. The van der Waals surface area contributed by atoms with Gasteiger partial charge in [0.05, 0.1) is 29.9 Å². The van der Waals surface area contributed by atoms with Crippen molar-refractivity contribution in [1.82, 2.24) is 10.0 Å². The van der Waals surface area contributed by atoms with E-state index >= 15 is 0 Å². The minimum Gasteiger partial charge on any atom is -0.372 e. The number of nitrogens with one attached hydrogen (secondary N) is 2. The highest BCUT2D eigenvalue weighted by Crippen LogP contribution is 2.38. The maximum Gasteiger partial charge on any atom is 0.416 e. The monoisotopic (exact) mass is 459 g/mol. The van der Waals surface area contributed by atoms with E-state index in [1.807, 2.05) is 6.07 Å². The third kappa shape index (κ3) is 6.39. The Kier molecular flexibility index (Phi) is 7.52. The van der Waals surface area contributed by atoms with Crippen LogP contribution in [0, 0.1) is 11.3 Å². The molecule has 0 bridgehead atoms. The highest BCUT2D eigenvalue weighted by molar-refractivity contribution is 7.77. The van der Waals surface area contributed by atoms with E-state index in [9.17, 15) is 35.8 Å².